The molecule has 35 heavy (non-hydrogen) atoms. The molecule has 4 aromatic rings. The van der Waals surface area contributed by atoms with Gasteiger partial charge in [0.25, 0.3) is 5.56 Å². The second kappa shape index (κ2) is 10.3. The predicted molar refractivity (Wildman–Crippen MR) is 132 cm³/mol. The van der Waals surface area contributed by atoms with Crippen molar-refractivity contribution in [3.8, 4) is 17.0 Å². The molecule has 1 amide bonds. The molecule has 0 unspecified atom stereocenters. The Morgan fingerprint density at radius 1 is 1.23 bits per heavy atom. The van der Waals surface area contributed by atoms with Gasteiger partial charge in [-0.25, -0.2) is 14.2 Å². The van der Waals surface area contributed by atoms with Crippen molar-refractivity contribution in [3.05, 3.63) is 62.1 Å². The molecule has 0 aliphatic carbocycles. The Kier molecular flexibility index (Phi) is 7.15. The van der Waals surface area contributed by atoms with Gasteiger partial charge in [0.15, 0.2) is 16.7 Å². The minimum Gasteiger partial charge on any atom is -0.491 e. The van der Waals surface area contributed by atoms with Crippen molar-refractivity contribution < 1.29 is 18.3 Å². The molecule has 184 valence electrons. The third-order valence-electron chi connectivity index (χ3n) is 5.58. The molecule has 1 N–H and O–H groups in total. The number of furan rings is 1. The first kappa shape index (κ1) is 24.4. The lowest BCUT2D eigenvalue weighted by atomic mass is 10.1. The molecule has 3 aromatic heterocycles. The standard InChI is InChI=1S/C24H25FN4O5S/c1-4-5-6-9-33-18-8-7-14(10-16(18)25)17-13-35-23(26-17)27-19(30)11-15-12-34-22-20(15)21(31)28(2)24(32)29(22)3/h7-8,10,12-13H,4-6,9,11H2,1-3H3,(H,26,27,30). The summed E-state index contributed by atoms with van der Waals surface area (Å²) in [5, 5.41) is 4.91. The van der Waals surface area contributed by atoms with E-state index in [9.17, 15) is 18.8 Å². The van der Waals surface area contributed by atoms with E-state index in [1.807, 2.05) is 0 Å². The van der Waals surface area contributed by atoms with Crippen LogP contribution in [0.15, 0.2) is 43.8 Å². The smallest absolute Gasteiger partial charge is 0.333 e. The van der Waals surface area contributed by atoms with E-state index in [1.165, 1.54) is 42.3 Å². The van der Waals surface area contributed by atoms with Crippen molar-refractivity contribution in [2.75, 3.05) is 11.9 Å². The Morgan fingerprint density at radius 3 is 2.77 bits per heavy atom. The Balaban J connectivity index is 1.45. The summed E-state index contributed by atoms with van der Waals surface area (Å²) >= 11 is 1.20. The van der Waals surface area contributed by atoms with Crippen LogP contribution in [0.25, 0.3) is 22.4 Å². The topological polar surface area (TPSA) is 108 Å². The van der Waals surface area contributed by atoms with Crippen LogP contribution in [0, 0.1) is 5.82 Å². The number of nitrogens with one attached hydrogen (secondary N) is 1. The fourth-order valence-corrected chi connectivity index (χ4v) is 4.40. The Morgan fingerprint density at radius 2 is 2.03 bits per heavy atom. The van der Waals surface area contributed by atoms with Crippen LogP contribution in [0.5, 0.6) is 5.75 Å². The van der Waals surface area contributed by atoms with E-state index >= 15 is 0 Å². The van der Waals surface area contributed by atoms with E-state index in [0.29, 0.717) is 28.6 Å². The van der Waals surface area contributed by atoms with Crippen LogP contribution in [0.1, 0.15) is 31.7 Å². The van der Waals surface area contributed by atoms with Crippen molar-refractivity contribution >= 4 is 33.5 Å². The molecule has 0 spiro atoms. The van der Waals surface area contributed by atoms with Gasteiger partial charge in [0.2, 0.25) is 11.6 Å². The lowest BCUT2D eigenvalue weighted by molar-refractivity contribution is -0.115. The highest BCUT2D eigenvalue weighted by Gasteiger charge is 2.19. The SMILES string of the molecule is CCCCCOc1ccc(-c2csc(NC(=O)Cc3coc4c3c(=O)n(C)c(=O)n4C)n2)cc1F. The predicted octanol–water partition coefficient (Wildman–Crippen LogP) is 3.84. The van der Waals surface area contributed by atoms with Gasteiger partial charge in [-0.2, -0.15) is 0 Å². The van der Waals surface area contributed by atoms with E-state index in [4.69, 9.17) is 9.15 Å². The molecule has 11 heteroatoms. The second-order valence-corrected chi connectivity index (χ2v) is 8.97. The summed E-state index contributed by atoms with van der Waals surface area (Å²) in [5.74, 6) is -0.684. The molecule has 0 saturated carbocycles. The van der Waals surface area contributed by atoms with E-state index in [1.54, 1.807) is 17.5 Å². The van der Waals surface area contributed by atoms with E-state index in [2.05, 4.69) is 17.2 Å². The number of benzene rings is 1. The zero-order chi connectivity index (χ0) is 25.1. The van der Waals surface area contributed by atoms with E-state index in [-0.39, 0.29) is 23.3 Å². The number of rotatable bonds is 9. The minimum atomic E-state index is -0.531. The van der Waals surface area contributed by atoms with Crippen molar-refractivity contribution in [1.29, 1.82) is 0 Å². The molecule has 0 radical (unpaired) electrons. The van der Waals surface area contributed by atoms with Crippen LogP contribution >= 0.6 is 11.3 Å². The number of aryl methyl sites for hydroxylation is 1. The zero-order valence-electron chi connectivity index (χ0n) is 19.6. The van der Waals surface area contributed by atoms with Crippen molar-refractivity contribution in [2.24, 2.45) is 14.1 Å². The average Bonchev–Trinajstić information content (AvgIpc) is 3.47. The first-order valence-corrected chi connectivity index (χ1v) is 12.0. The highest BCUT2D eigenvalue weighted by molar-refractivity contribution is 7.14. The number of aromatic nitrogens is 3. The lowest BCUT2D eigenvalue weighted by Crippen LogP contribution is -2.36. The van der Waals surface area contributed by atoms with Crippen molar-refractivity contribution in [2.45, 2.75) is 32.6 Å². The summed E-state index contributed by atoms with van der Waals surface area (Å²) < 4.78 is 27.5. The highest BCUT2D eigenvalue weighted by Crippen LogP contribution is 2.29. The van der Waals surface area contributed by atoms with Gasteiger partial charge in [0, 0.05) is 30.6 Å². The number of hydrogen-bond acceptors (Lipinski definition) is 7. The van der Waals surface area contributed by atoms with Crippen molar-refractivity contribution in [1.82, 2.24) is 14.1 Å². The summed E-state index contributed by atoms with van der Waals surface area (Å²) in [4.78, 5) is 41.6. The number of nitrogens with zero attached hydrogens (tertiary/aromatic N) is 3. The largest absolute Gasteiger partial charge is 0.491 e. The number of carbonyl (C=O) groups is 1. The molecule has 3 heterocycles. The van der Waals surface area contributed by atoms with Crippen LogP contribution in [0.4, 0.5) is 9.52 Å². The third kappa shape index (κ3) is 5.04. The van der Waals surface area contributed by atoms with Crippen LogP contribution < -0.4 is 21.3 Å². The summed E-state index contributed by atoms with van der Waals surface area (Å²) in [6, 6.07) is 4.65. The average molecular weight is 501 g/mol. The maximum Gasteiger partial charge on any atom is 0.333 e. The Bertz CT molecular complexity index is 1500. The number of hydrogen-bond donors (Lipinski definition) is 1. The molecule has 0 atom stereocenters. The van der Waals surface area contributed by atoms with Gasteiger partial charge in [-0.05, 0) is 24.6 Å². The maximum absolute atomic E-state index is 14.4. The fraction of sp³-hybridized carbons (Fsp3) is 0.333. The third-order valence-corrected chi connectivity index (χ3v) is 6.34. The number of unbranched alkanes of at least 4 members (excludes halogenated alkanes) is 2. The molecule has 0 fully saturated rings. The zero-order valence-corrected chi connectivity index (χ0v) is 20.4. The number of thiazole rings is 1. The normalized spacial score (nSPS) is 11.2. The number of fused-ring (bicyclic) bond motifs is 1. The van der Waals surface area contributed by atoms with E-state index < -0.39 is 23.0 Å². The van der Waals surface area contributed by atoms with Gasteiger partial charge in [-0.1, -0.05) is 19.8 Å². The summed E-state index contributed by atoms with van der Waals surface area (Å²) in [5.41, 5.74) is 0.496. The van der Waals surface area contributed by atoms with Gasteiger partial charge < -0.3 is 14.5 Å². The van der Waals surface area contributed by atoms with Crippen LogP contribution in [-0.4, -0.2) is 26.6 Å². The summed E-state index contributed by atoms with van der Waals surface area (Å²) in [6.07, 6.45) is 4.11. The number of ether oxygens (including phenoxy) is 1. The van der Waals surface area contributed by atoms with Crippen LogP contribution in [-0.2, 0) is 25.3 Å². The first-order valence-electron chi connectivity index (χ1n) is 11.1. The summed E-state index contributed by atoms with van der Waals surface area (Å²) in [7, 11) is 2.86. The van der Waals surface area contributed by atoms with Crippen LogP contribution in [0.3, 0.4) is 0 Å². The number of halogens is 1. The van der Waals surface area contributed by atoms with E-state index in [0.717, 1.165) is 23.8 Å². The molecule has 9 nitrogen and oxygen atoms in total. The van der Waals surface area contributed by atoms with Crippen LogP contribution in [0.2, 0.25) is 0 Å². The molecule has 0 bridgehead atoms. The molecule has 0 aliphatic rings. The van der Waals surface area contributed by atoms with Gasteiger partial charge >= 0.3 is 5.69 Å². The molecule has 1 aromatic carbocycles. The second-order valence-electron chi connectivity index (χ2n) is 8.11. The number of carbonyl (C=O) groups excluding carboxylic acids is 1. The Labute approximate surface area is 203 Å². The Hall–Kier alpha value is -3.73. The number of amides is 1. The van der Waals surface area contributed by atoms with Gasteiger partial charge in [0.05, 0.1) is 25.0 Å². The van der Waals surface area contributed by atoms with Gasteiger partial charge in [-0.15, -0.1) is 11.3 Å². The number of anilines is 1. The summed E-state index contributed by atoms with van der Waals surface area (Å²) in [6.45, 7) is 2.55. The highest BCUT2D eigenvalue weighted by atomic mass is 32.1. The van der Waals surface area contributed by atoms with Crippen molar-refractivity contribution in [3.63, 3.8) is 0 Å². The molecule has 0 aliphatic heterocycles. The lowest BCUT2D eigenvalue weighted by Gasteiger charge is -2.07. The molecular formula is C24H25FN4O5S. The molecular weight excluding hydrogens is 475 g/mol. The first-order chi connectivity index (χ1) is 16.8. The monoisotopic (exact) mass is 500 g/mol. The minimum absolute atomic E-state index is 0.109. The van der Waals surface area contributed by atoms with Gasteiger partial charge in [-0.3, -0.25) is 18.7 Å². The fourth-order valence-electron chi connectivity index (χ4n) is 3.67. The molecule has 0 saturated heterocycles. The maximum atomic E-state index is 14.4. The van der Waals surface area contributed by atoms with Gasteiger partial charge in [0.1, 0.15) is 5.39 Å². The quantitative estimate of drug-likeness (QED) is 0.350. The molecule has 4 rings (SSSR count).